The van der Waals surface area contributed by atoms with Crippen LogP contribution in [0, 0.1) is 0 Å². The Bertz CT molecular complexity index is 1070. The molecule has 0 saturated carbocycles. The molecule has 144 valence electrons. The number of pyridine rings is 1. The topological polar surface area (TPSA) is 69.9 Å². The van der Waals surface area contributed by atoms with Crippen LogP contribution < -0.4 is 0 Å². The molecule has 7 heteroatoms. The summed E-state index contributed by atoms with van der Waals surface area (Å²) in [6, 6.07) is 25.0. The number of aromatic nitrogens is 4. The van der Waals surface area contributed by atoms with Gasteiger partial charge in [-0.3, -0.25) is 14.3 Å². The summed E-state index contributed by atoms with van der Waals surface area (Å²) >= 11 is 1.29. The molecule has 4 aromatic rings. The highest BCUT2D eigenvalue weighted by atomic mass is 32.2. The molecule has 0 bridgehead atoms. The van der Waals surface area contributed by atoms with Gasteiger partial charge >= 0.3 is 5.97 Å². The molecule has 0 aliphatic carbocycles. The maximum atomic E-state index is 12.2. The Hall–Kier alpha value is -3.45. The number of carbonyl (C=O) groups is 1. The lowest BCUT2D eigenvalue weighted by Gasteiger charge is -2.10. The zero-order valence-corrected chi connectivity index (χ0v) is 16.3. The number of nitrogens with zero attached hydrogens (tertiary/aromatic N) is 4. The first-order valence-corrected chi connectivity index (χ1v) is 10.0. The molecule has 0 amide bonds. The van der Waals surface area contributed by atoms with Gasteiger partial charge in [0.05, 0.1) is 5.75 Å². The van der Waals surface area contributed by atoms with Crippen molar-refractivity contribution in [3.63, 3.8) is 0 Å². The third-order valence-electron chi connectivity index (χ3n) is 4.10. The van der Waals surface area contributed by atoms with Crippen molar-refractivity contribution >= 4 is 17.7 Å². The number of thioether (sulfide) groups is 1. The van der Waals surface area contributed by atoms with E-state index in [0.29, 0.717) is 16.7 Å². The maximum Gasteiger partial charge on any atom is 0.316 e. The van der Waals surface area contributed by atoms with Crippen molar-refractivity contribution in [3.8, 4) is 17.2 Å². The first kappa shape index (κ1) is 18.9. The van der Waals surface area contributed by atoms with E-state index >= 15 is 0 Å². The molecule has 2 aromatic carbocycles. The van der Waals surface area contributed by atoms with Gasteiger partial charge in [0, 0.05) is 11.9 Å². The van der Waals surface area contributed by atoms with Gasteiger partial charge < -0.3 is 4.74 Å². The summed E-state index contributed by atoms with van der Waals surface area (Å²) in [7, 11) is 0. The Morgan fingerprint density at radius 3 is 2.34 bits per heavy atom. The standard InChI is InChI=1S/C22H18N4O2S/c27-20(28-15-17-9-3-1-4-10-17)16-29-22-25-24-21(19-13-7-8-14-23-19)26(22)18-11-5-2-6-12-18/h1-14H,15-16H2. The summed E-state index contributed by atoms with van der Waals surface area (Å²) in [6.07, 6.45) is 1.72. The van der Waals surface area contributed by atoms with Crippen LogP contribution >= 0.6 is 11.8 Å². The fourth-order valence-corrected chi connectivity index (χ4v) is 3.49. The second-order valence-electron chi connectivity index (χ2n) is 6.13. The van der Waals surface area contributed by atoms with Gasteiger partial charge in [0.2, 0.25) is 0 Å². The molecular formula is C22H18N4O2S. The summed E-state index contributed by atoms with van der Waals surface area (Å²) in [6.45, 7) is 0.255. The minimum Gasteiger partial charge on any atom is -0.460 e. The first-order chi connectivity index (χ1) is 14.3. The van der Waals surface area contributed by atoms with Gasteiger partial charge in [0.25, 0.3) is 0 Å². The number of esters is 1. The Morgan fingerprint density at radius 1 is 0.897 bits per heavy atom. The molecule has 0 atom stereocenters. The minimum absolute atomic E-state index is 0.139. The summed E-state index contributed by atoms with van der Waals surface area (Å²) in [5, 5.41) is 9.20. The summed E-state index contributed by atoms with van der Waals surface area (Å²) in [5.41, 5.74) is 2.57. The fraction of sp³-hybridized carbons (Fsp3) is 0.0909. The van der Waals surface area contributed by atoms with Crippen molar-refractivity contribution in [1.29, 1.82) is 0 Å². The van der Waals surface area contributed by atoms with E-state index in [-0.39, 0.29) is 18.3 Å². The van der Waals surface area contributed by atoms with Crippen LogP contribution in [0.2, 0.25) is 0 Å². The minimum atomic E-state index is -0.305. The number of hydrogen-bond donors (Lipinski definition) is 0. The van der Waals surface area contributed by atoms with Crippen molar-refractivity contribution in [2.45, 2.75) is 11.8 Å². The third kappa shape index (κ3) is 4.70. The average molecular weight is 402 g/mol. The van der Waals surface area contributed by atoms with E-state index in [1.165, 1.54) is 11.8 Å². The first-order valence-electron chi connectivity index (χ1n) is 9.06. The smallest absolute Gasteiger partial charge is 0.316 e. The van der Waals surface area contributed by atoms with E-state index in [4.69, 9.17) is 4.74 Å². The maximum absolute atomic E-state index is 12.2. The van der Waals surface area contributed by atoms with Crippen LogP contribution in [0.25, 0.3) is 17.2 Å². The molecule has 4 rings (SSSR count). The van der Waals surface area contributed by atoms with Crippen LogP contribution in [0.15, 0.2) is 90.2 Å². The van der Waals surface area contributed by atoms with Crippen molar-refractivity contribution in [2.24, 2.45) is 0 Å². The number of ether oxygens (including phenoxy) is 1. The number of benzene rings is 2. The van der Waals surface area contributed by atoms with Crippen LogP contribution in [0.1, 0.15) is 5.56 Å². The van der Waals surface area contributed by atoms with Gasteiger partial charge in [-0.05, 0) is 29.8 Å². The fourth-order valence-electron chi connectivity index (χ4n) is 2.74. The molecule has 0 aliphatic heterocycles. The van der Waals surface area contributed by atoms with Crippen LogP contribution in [0.3, 0.4) is 0 Å². The molecule has 0 spiro atoms. The van der Waals surface area contributed by atoms with E-state index in [0.717, 1.165) is 11.3 Å². The van der Waals surface area contributed by atoms with E-state index in [2.05, 4.69) is 15.2 Å². The van der Waals surface area contributed by atoms with Gasteiger partial charge in [0.15, 0.2) is 11.0 Å². The lowest BCUT2D eigenvalue weighted by molar-refractivity contribution is -0.141. The highest BCUT2D eigenvalue weighted by molar-refractivity contribution is 7.99. The summed E-state index contributed by atoms with van der Waals surface area (Å²) < 4.78 is 7.26. The predicted octanol–water partition coefficient (Wildman–Crippen LogP) is 4.16. The second-order valence-corrected chi connectivity index (χ2v) is 7.07. The van der Waals surface area contributed by atoms with Crippen molar-refractivity contribution in [1.82, 2.24) is 19.7 Å². The Balaban J connectivity index is 1.51. The van der Waals surface area contributed by atoms with Crippen molar-refractivity contribution in [2.75, 3.05) is 5.75 Å². The Kier molecular flexibility index (Phi) is 5.97. The normalized spacial score (nSPS) is 10.6. The second kappa shape index (κ2) is 9.16. The Labute approximate surface area is 172 Å². The van der Waals surface area contributed by atoms with Gasteiger partial charge in [-0.15, -0.1) is 10.2 Å². The lowest BCUT2D eigenvalue weighted by atomic mass is 10.2. The zero-order valence-electron chi connectivity index (χ0n) is 15.5. The summed E-state index contributed by atoms with van der Waals surface area (Å²) in [4.78, 5) is 16.6. The number of carbonyl (C=O) groups excluding carboxylic acids is 1. The van der Waals surface area contributed by atoms with Crippen LogP contribution in [0.4, 0.5) is 0 Å². The molecule has 2 aromatic heterocycles. The molecule has 0 N–H and O–H groups in total. The Morgan fingerprint density at radius 2 is 1.62 bits per heavy atom. The highest BCUT2D eigenvalue weighted by Gasteiger charge is 2.18. The highest BCUT2D eigenvalue weighted by Crippen LogP contribution is 2.27. The predicted molar refractivity (Wildman–Crippen MR) is 112 cm³/mol. The number of hydrogen-bond acceptors (Lipinski definition) is 6. The molecule has 0 aliphatic rings. The molecule has 29 heavy (non-hydrogen) atoms. The molecule has 0 radical (unpaired) electrons. The van der Waals surface area contributed by atoms with Gasteiger partial charge in [-0.1, -0.05) is 66.4 Å². The number of para-hydroxylation sites is 1. The molecule has 0 unspecified atom stereocenters. The van der Waals surface area contributed by atoms with Crippen molar-refractivity contribution in [3.05, 3.63) is 90.6 Å². The van der Waals surface area contributed by atoms with Gasteiger partial charge in [-0.2, -0.15) is 0 Å². The third-order valence-corrected chi connectivity index (χ3v) is 5.01. The lowest BCUT2D eigenvalue weighted by Crippen LogP contribution is -2.08. The van der Waals surface area contributed by atoms with E-state index in [1.54, 1.807) is 6.20 Å². The zero-order chi connectivity index (χ0) is 19.9. The van der Waals surface area contributed by atoms with Crippen LogP contribution in [0.5, 0.6) is 0 Å². The monoisotopic (exact) mass is 402 g/mol. The van der Waals surface area contributed by atoms with E-state index < -0.39 is 0 Å². The number of rotatable bonds is 7. The molecule has 2 heterocycles. The van der Waals surface area contributed by atoms with E-state index in [1.807, 2.05) is 83.4 Å². The van der Waals surface area contributed by atoms with Crippen LogP contribution in [-0.4, -0.2) is 31.5 Å². The van der Waals surface area contributed by atoms with Gasteiger partial charge in [0.1, 0.15) is 12.3 Å². The molecular weight excluding hydrogens is 384 g/mol. The molecule has 0 fully saturated rings. The summed E-state index contributed by atoms with van der Waals surface area (Å²) in [5.74, 6) is 0.456. The quantitative estimate of drug-likeness (QED) is 0.341. The van der Waals surface area contributed by atoms with Crippen molar-refractivity contribution < 1.29 is 9.53 Å². The molecule has 0 saturated heterocycles. The largest absolute Gasteiger partial charge is 0.460 e. The van der Waals surface area contributed by atoms with Crippen LogP contribution in [-0.2, 0) is 16.1 Å². The van der Waals surface area contributed by atoms with E-state index in [9.17, 15) is 4.79 Å². The van der Waals surface area contributed by atoms with Gasteiger partial charge in [-0.25, -0.2) is 0 Å². The molecule has 6 nitrogen and oxygen atoms in total. The average Bonchev–Trinajstić information content (AvgIpc) is 3.22. The SMILES string of the molecule is O=C(CSc1nnc(-c2ccccn2)n1-c1ccccc1)OCc1ccccc1.